The summed E-state index contributed by atoms with van der Waals surface area (Å²) in [5, 5.41) is 9.89. The highest BCUT2D eigenvalue weighted by atomic mass is 19.1. The highest BCUT2D eigenvalue weighted by molar-refractivity contribution is 5.15. The van der Waals surface area contributed by atoms with Gasteiger partial charge in [-0.25, -0.2) is 4.39 Å². The Morgan fingerprint density at radius 2 is 2.20 bits per heavy atom. The quantitative estimate of drug-likeness (QED) is 0.830. The second-order valence-corrected chi connectivity index (χ2v) is 4.30. The molecule has 1 aromatic rings. The third kappa shape index (κ3) is 2.53. The number of aliphatic hydroxyl groups is 1. The van der Waals surface area contributed by atoms with Crippen molar-refractivity contribution in [3.8, 4) is 0 Å². The Balaban J connectivity index is 2.00. The van der Waals surface area contributed by atoms with Crippen molar-refractivity contribution >= 4 is 0 Å². The number of hydrogen-bond donors (Lipinski definition) is 1. The second-order valence-electron chi connectivity index (χ2n) is 4.30. The van der Waals surface area contributed by atoms with Crippen LogP contribution in [0.25, 0.3) is 0 Å². The second kappa shape index (κ2) is 4.71. The minimum absolute atomic E-state index is 0.386. The first kappa shape index (κ1) is 10.6. The molecule has 0 aromatic carbocycles. The molecule has 1 fully saturated rings. The molecule has 1 aromatic heterocycles. The molecular formula is C12H16FNO. The third-order valence-corrected chi connectivity index (χ3v) is 3.19. The molecule has 0 aliphatic heterocycles. The number of pyridine rings is 1. The summed E-state index contributed by atoms with van der Waals surface area (Å²) in [6.07, 6.45) is 7.53. The molecule has 1 aliphatic carbocycles. The van der Waals surface area contributed by atoms with Gasteiger partial charge in [-0.15, -0.1) is 0 Å². The first-order valence-electron chi connectivity index (χ1n) is 5.55. The molecule has 1 saturated carbocycles. The van der Waals surface area contributed by atoms with E-state index in [1.54, 1.807) is 6.07 Å². The normalized spacial score (nSPS) is 19.3. The lowest BCUT2D eigenvalue weighted by Crippen LogP contribution is -2.06. The predicted octanol–water partition coefficient (Wildman–Crippen LogP) is 2.83. The van der Waals surface area contributed by atoms with Gasteiger partial charge in [-0.2, -0.15) is 0 Å². The van der Waals surface area contributed by atoms with Crippen LogP contribution in [0.4, 0.5) is 4.39 Å². The van der Waals surface area contributed by atoms with Crippen LogP contribution in [0.15, 0.2) is 18.5 Å². The summed E-state index contributed by atoms with van der Waals surface area (Å²) in [6.45, 7) is 0. The van der Waals surface area contributed by atoms with Crippen LogP contribution in [0.5, 0.6) is 0 Å². The molecule has 1 atom stereocenters. The SMILES string of the molecule is OC(CC1CCCC1)c1ccncc1F. The van der Waals surface area contributed by atoms with Crippen LogP contribution in [0.3, 0.4) is 0 Å². The van der Waals surface area contributed by atoms with Gasteiger partial charge in [0, 0.05) is 11.8 Å². The Labute approximate surface area is 89.2 Å². The van der Waals surface area contributed by atoms with Crippen LogP contribution in [0.2, 0.25) is 0 Å². The van der Waals surface area contributed by atoms with E-state index in [0.29, 0.717) is 17.9 Å². The van der Waals surface area contributed by atoms with Crippen LogP contribution < -0.4 is 0 Å². The number of aliphatic hydroxyl groups excluding tert-OH is 1. The van der Waals surface area contributed by atoms with Crippen LogP contribution in [0, 0.1) is 11.7 Å². The molecule has 0 spiro atoms. The van der Waals surface area contributed by atoms with Crippen LogP contribution >= 0.6 is 0 Å². The van der Waals surface area contributed by atoms with E-state index in [9.17, 15) is 9.50 Å². The molecule has 1 N–H and O–H groups in total. The van der Waals surface area contributed by atoms with Gasteiger partial charge in [-0.1, -0.05) is 25.7 Å². The molecule has 0 saturated heterocycles. The van der Waals surface area contributed by atoms with Gasteiger partial charge >= 0.3 is 0 Å². The molecule has 2 rings (SSSR count). The van der Waals surface area contributed by atoms with Crippen LogP contribution in [-0.2, 0) is 0 Å². The molecule has 0 amide bonds. The van der Waals surface area contributed by atoms with E-state index < -0.39 is 11.9 Å². The Morgan fingerprint density at radius 3 is 2.87 bits per heavy atom. The topological polar surface area (TPSA) is 33.1 Å². The summed E-state index contributed by atoms with van der Waals surface area (Å²) in [7, 11) is 0. The Kier molecular flexibility index (Phi) is 3.31. The maximum Gasteiger partial charge on any atom is 0.147 e. The zero-order chi connectivity index (χ0) is 10.7. The summed E-state index contributed by atoms with van der Waals surface area (Å²) in [5.74, 6) is 0.163. The lowest BCUT2D eigenvalue weighted by Gasteiger charge is -2.15. The smallest absolute Gasteiger partial charge is 0.147 e. The number of halogens is 1. The van der Waals surface area contributed by atoms with Crippen LogP contribution in [0.1, 0.15) is 43.8 Å². The molecule has 82 valence electrons. The predicted molar refractivity (Wildman–Crippen MR) is 55.7 cm³/mol. The van der Waals surface area contributed by atoms with E-state index in [4.69, 9.17) is 0 Å². The van der Waals surface area contributed by atoms with Gasteiger partial charge in [0.2, 0.25) is 0 Å². The van der Waals surface area contributed by atoms with E-state index in [-0.39, 0.29) is 0 Å². The van der Waals surface area contributed by atoms with Crippen molar-refractivity contribution in [2.24, 2.45) is 5.92 Å². The zero-order valence-corrected chi connectivity index (χ0v) is 8.69. The fourth-order valence-electron chi connectivity index (χ4n) is 2.34. The molecule has 15 heavy (non-hydrogen) atoms. The number of hydrogen-bond acceptors (Lipinski definition) is 2. The number of rotatable bonds is 3. The molecule has 3 heteroatoms. The van der Waals surface area contributed by atoms with E-state index in [0.717, 1.165) is 6.20 Å². The first-order valence-corrected chi connectivity index (χ1v) is 5.55. The summed E-state index contributed by atoms with van der Waals surface area (Å²) >= 11 is 0. The molecule has 0 bridgehead atoms. The fourth-order valence-corrected chi connectivity index (χ4v) is 2.34. The summed E-state index contributed by atoms with van der Waals surface area (Å²) in [5.41, 5.74) is 0.386. The van der Waals surface area contributed by atoms with Crippen molar-refractivity contribution in [1.29, 1.82) is 0 Å². The molecular weight excluding hydrogens is 193 g/mol. The van der Waals surface area contributed by atoms with E-state index in [2.05, 4.69) is 4.98 Å². The van der Waals surface area contributed by atoms with E-state index in [1.807, 2.05) is 0 Å². The van der Waals surface area contributed by atoms with E-state index in [1.165, 1.54) is 31.9 Å². The summed E-state index contributed by atoms with van der Waals surface area (Å²) in [4.78, 5) is 3.67. The Bertz CT molecular complexity index is 323. The van der Waals surface area contributed by atoms with Gasteiger partial charge in [-0.05, 0) is 18.4 Å². The van der Waals surface area contributed by atoms with Gasteiger partial charge in [0.15, 0.2) is 0 Å². The minimum Gasteiger partial charge on any atom is -0.388 e. The average molecular weight is 209 g/mol. The van der Waals surface area contributed by atoms with Crippen molar-refractivity contribution in [2.75, 3.05) is 0 Å². The van der Waals surface area contributed by atoms with Crippen molar-refractivity contribution < 1.29 is 9.50 Å². The molecule has 0 radical (unpaired) electrons. The highest BCUT2D eigenvalue weighted by Crippen LogP contribution is 2.33. The van der Waals surface area contributed by atoms with Gasteiger partial charge in [-0.3, -0.25) is 4.98 Å². The highest BCUT2D eigenvalue weighted by Gasteiger charge is 2.21. The zero-order valence-electron chi connectivity index (χ0n) is 8.69. The fraction of sp³-hybridized carbons (Fsp3) is 0.583. The first-order chi connectivity index (χ1) is 7.27. The Hall–Kier alpha value is -0.960. The van der Waals surface area contributed by atoms with Crippen molar-refractivity contribution in [1.82, 2.24) is 4.98 Å². The van der Waals surface area contributed by atoms with Gasteiger partial charge in [0.25, 0.3) is 0 Å². The average Bonchev–Trinajstić information content (AvgIpc) is 2.71. The maximum absolute atomic E-state index is 13.3. The van der Waals surface area contributed by atoms with Gasteiger partial charge in [0.05, 0.1) is 12.3 Å². The van der Waals surface area contributed by atoms with Crippen molar-refractivity contribution in [3.63, 3.8) is 0 Å². The van der Waals surface area contributed by atoms with Crippen molar-refractivity contribution in [2.45, 2.75) is 38.2 Å². The lowest BCUT2D eigenvalue weighted by molar-refractivity contribution is 0.140. The molecule has 1 heterocycles. The van der Waals surface area contributed by atoms with E-state index >= 15 is 0 Å². The summed E-state index contributed by atoms with van der Waals surface area (Å²) in [6, 6.07) is 1.56. The third-order valence-electron chi connectivity index (χ3n) is 3.19. The largest absolute Gasteiger partial charge is 0.388 e. The summed E-state index contributed by atoms with van der Waals surface area (Å²) < 4.78 is 13.3. The molecule has 1 unspecified atom stereocenters. The number of nitrogens with zero attached hydrogens (tertiary/aromatic N) is 1. The lowest BCUT2D eigenvalue weighted by atomic mass is 9.96. The Morgan fingerprint density at radius 1 is 1.47 bits per heavy atom. The van der Waals surface area contributed by atoms with Gasteiger partial charge < -0.3 is 5.11 Å². The maximum atomic E-state index is 13.3. The molecule has 2 nitrogen and oxygen atoms in total. The number of aromatic nitrogens is 1. The van der Waals surface area contributed by atoms with Gasteiger partial charge in [0.1, 0.15) is 5.82 Å². The minimum atomic E-state index is -0.670. The monoisotopic (exact) mass is 209 g/mol. The van der Waals surface area contributed by atoms with Crippen molar-refractivity contribution in [3.05, 3.63) is 29.8 Å². The standard InChI is InChI=1S/C12H16FNO/c13-11-8-14-6-5-10(11)12(15)7-9-3-1-2-4-9/h5-6,8-9,12,15H,1-4,7H2. The molecule has 1 aliphatic rings. The van der Waals surface area contributed by atoms with Crippen LogP contribution in [-0.4, -0.2) is 10.1 Å².